The molecule has 0 aliphatic rings. The normalized spacial score (nSPS) is 10.7. The van der Waals surface area contributed by atoms with E-state index in [0.29, 0.717) is 11.0 Å². The molecule has 0 unspecified atom stereocenters. The molecular formula is C7H10N2O3S. The fraction of sp³-hybridized carbons (Fsp3) is 0.571. The molecule has 0 aliphatic carbocycles. The molecule has 1 heterocycles. The number of rotatable bonds is 4. The van der Waals surface area contributed by atoms with E-state index in [1.165, 1.54) is 0 Å². The van der Waals surface area contributed by atoms with Gasteiger partial charge in [-0.05, 0) is 0 Å². The van der Waals surface area contributed by atoms with E-state index in [-0.39, 0.29) is 11.7 Å². The lowest BCUT2D eigenvalue weighted by Crippen LogP contribution is -1.97. The van der Waals surface area contributed by atoms with E-state index in [1.54, 1.807) is 0 Å². The van der Waals surface area contributed by atoms with Crippen molar-refractivity contribution in [3.63, 3.8) is 0 Å². The third-order valence-electron chi connectivity index (χ3n) is 1.26. The Morgan fingerprint density at radius 2 is 2.38 bits per heavy atom. The quantitative estimate of drug-likeness (QED) is 0.743. The van der Waals surface area contributed by atoms with Gasteiger partial charge >= 0.3 is 5.97 Å². The van der Waals surface area contributed by atoms with Crippen molar-refractivity contribution in [2.45, 2.75) is 25.0 Å². The monoisotopic (exact) mass is 202 g/mol. The number of hydrogen-bond donors (Lipinski definition) is 1. The number of aliphatic carboxylic acids is 1. The Bertz CT molecular complexity index is 298. The topological polar surface area (TPSA) is 76.2 Å². The van der Waals surface area contributed by atoms with E-state index in [4.69, 9.17) is 9.63 Å². The van der Waals surface area contributed by atoms with Crippen molar-refractivity contribution in [1.29, 1.82) is 0 Å². The van der Waals surface area contributed by atoms with E-state index in [0.717, 1.165) is 11.8 Å². The maximum atomic E-state index is 10.2. The van der Waals surface area contributed by atoms with Crippen LogP contribution in [0.25, 0.3) is 0 Å². The van der Waals surface area contributed by atoms with Gasteiger partial charge in [-0.2, -0.15) is 4.98 Å². The number of thioether (sulfide) groups is 1. The third-order valence-corrected chi connectivity index (χ3v) is 2.06. The molecular weight excluding hydrogens is 192 g/mol. The molecule has 1 rings (SSSR count). The van der Waals surface area contributed by atoms with E-state index in [9.17, 15) is 4.79 Å². The molecule has 0 saturated carbocycles. The van der Waals surface area contributed by atoms with Crippen LogP contribution < -0.4 is 0 Å². The molecule has 0 aromatic carbocycles. The average molecular weight is 202 g/mol. The number of carboxylic acids is 1. The van der Waals surface area contributed by atoms with Gasteiger partial charge in [0.15, 0.2) is 5.82 Å². The van der Waals surface area contributed by atoms with Gasteiger partial charge in [0, 0.05) is 5.92 Å². The fourth-order valence-electron chi connectivity index (χ4n) is 0.637. The minimum absolute atomic E-state index is 0.0558. The van der Waals surface area contributed by atoms with Crippen molar-refractivity contribution >= 4 is 17.7 Å². The summed E-state index contributed by atoms with van der Waals surface area (Å²) in [6.07, 6.45) is 0. The van der Waals surface area contributed by atoms with Crippen molar-refractivity contribution in [3.05, 3.63) is 5.82 Å². The molecule has 13 heavy (non-hydrogen) atoms. The number of aromatic nitrogens is 2. The van der Waals surface area contributed by atoms with Crippen LogP contribution in [-0.2, 0) is 4.79 Å². The summed E-state index contributed by atoms with van der Waals surface area (Å²) < 4.78 is 4.81. The van der Waals surface area contributed by atoms with Crippen LogP contribution in [0.2, 0.25) is 0 Å². The van der Waals surface area contributed by atoms with Crippen LogP contribution in [0.5, 0.6) is 0 Å². The van der Waals surface area contributed by atoms with Gasteiger partial charge in [0.2, 0.25) is 0 Å². The first kappa shape index (κ1) is 10.0. The summed E-state index contributed by atoms with van der Waals surface area (Å²) in [5.41, 5.74) is 0. The zero-order chi connectivity index (χ0) is 9.84. The molecule has 0 fully saturated rings. The number of carbonyl (C=O) groups is 1. The first-order valence-electron chi connectivity index (χ1n) is 3.77. The average Bonchev–Trinajstić information content (AvgIpc) is 2.48. The van der Waals surface area contributed by atoms with Gasteiger partial charge in [0.1, 0.15) is 5.75 Å². The Morgan fingerprint density at radius 3 is 2.85 bits per heavy atom. The fourth-order valence-corrected chi connectivity index (χ4v) is 1.13. The SMILES string of the molecule is CC(C)c1noc(SCC(=O)O)n1. The van der Waals surface area contributed by atoms with Crippen molar-refractivity contribution in [3.8, 4) is 0 Å². The van der Waals surface area contributed by atoms with E-state index < -0.39 is 5.97 Å². The molecule has 5 nitrogen and oxygen atoms in total. The van der Waals surface area contributed by atoms with Crippen LogP contribution in [-0.4, -0.2) is 27.0 Å². The number of nitrogens with zero attached hydrogens (tertiary/aromatic N) is 2. The summed E-state index contributed by atoms with van der Waals surface area (Å²) in [7, 11) is 0. The Morgan fingerprint density at radius 1 is 1.69 bits per heavy atom. The van der Waals surface area contributed by atoms with Crippen LogP contribution in [0.15, 0.2) is 9.75 Å². The van der Waals surface area contributed by atoms with E-state index in [1.807, 2.05) is 13.8 Å². The summed E-state index contributed by atoms with van der Waals surface area (Å²) >= 11 is 1.03. The first-order valence-corrected chi connectivity index (χ1v) is 4.76. The molecule has 0 aliphatic heterocycles. The van der Waals surface area contributed by atoms with Gasteiger partial charge in [-0.1, -0.05) is 30.8 Å². The Hall–Kier alpha value is -1.04. The molecule has 0 saturated heterocycles. The highest BCUT2D eigenvalue weighted by molar-refractivity contribution is 7.99. The standard InChI is InChI=1S/C7H10N2O3S/c1-4(2)6-8-7(12-9-6)13-3-5(10)11/h4H,3H2,1-2H3,(H,10,11). The Labute approximate surface area is 79.5 Å². The van der Waals surface area contributed by atoms with Crippen LogP contribution in [0.1, 0.15) is 25.6 Å². The minimum Gasteiger partial charge on any atom is -0.481 e. The molecule has 0 amide bonds. The summed E-state index contributed by atoms with van der Waals surface area (Å²) in [5, 5.41) is 12.4. The zero-order valence-corrected chi connectivity index (χ0v) is 8.17. The van der Waals surface area contributed by atoms with Gasteiger partial charge < -0.3 is 9.63 Å². The zero-order valence-electron chi connectivity index (χ0n) is 7.35. The molecule has 0 bridgehead atoms. The molecule has 1 N–H and O–H groups in total. The summed E-state index contributed by atoms with van der Waals surface area (Å²) in [5.74, 6) is -0.148. The molecule has 0 spiro atoms. The second kappa shape index (κ2) is 4.27. The number of hydrogen-bond acceptors (Lipinski definition) is 5. The molecule has 72 valence electrons. The van der Waals surface area contributed by atoms with Gasteiger partial charge in [-0.15, -0.1) is 0 Å². The highest BCUT2D eigenvalue weighted by Crippen LogP contribution is 2.18. The smallest absolute Gasteiger partial charge is 0.314 e. The summed E-state index contributed by atoms with van der Waals surface area (Å²) in [6, 6.07) is 0. The highest BCUT2D eigenvalue weighted by Gasteiger charge is 2.10. The predicted octanol–water partition coefficient (Wildman–Crippen LogP) is 1.37. The largest absolute Gasteiger partial charge is 0.481 e. The Balaban J connectivity index is 2.54. The molecule has 0 atom stereocenters. The van der Waals surface area contributed by atoms with Crippen LogP contribution in [0.3, 0.4) is 0 Å². The summed E-state index contributed by atoms with van der Waals surface area (Å²) in [4.78, 5) is 14.2. The molecule has 1 aromatic heterocycles. The van der Waals surface area contributed by atoms with Gasteiger partial charge in [0.05, 0.1) is 0 Å². The van der Waals surface area contributed by atoms with Crippen LogP contribution >= 0.6 is 11.8 Å². The van der Waals surface area contributed by atoms with Gasteiger partial charge in [-0.3, -0.25) is 4.79 Å². The molecule has 0 radical (unpaired) electrons. The second-order valence-electron chi connectivity index (χ2n) is 2.76. The molecule has 6 heteroatoms. The van der Waals surface area contributed by atoms with Crippen molar-refractivity contribution in [1.82, 2.24) is 10.1 Å². The lowest BCUT2D eigenvalue weighted by atomic mass is 10.2. The maximum absolute atomic E-state index is 10.2. The second-order valence-corrected chi connectivity index (χ2v) is 3.68. The number of carboxylic acid groups (broad SMARTS) is 1. The highest BCUT2D eigenvalue weighted by atomic mass is 32.2. The maximum Gasteiger partial charge on any atom is 0.314 e. The van der Waals surface area contributed by atoms with Crippen LogP contribution in [0, 0.1) is 0 Å². The Kier molecular flexibility index (Phi) is 3.30. The van der Waals surface area contributed by atoms with E-state index in [2.05, 4.69) is 10.1 Å². The van der Waals surface area contributed by atoms with Gasteiger partial charge in [0.25, 0.3) is 5.22 Å². The third kappa shape index (κ3) is 3.06. The summed E-state index contributed by atoms with van der Waals surface area (Å²) in [6.45, 7) is 3.88. The van der Waals surface area contributed by atoms with Crippen molar-refractivity contribution in [2.24, 2.45) is 0 Å². The van der Waals surface area contributed by atoms with Crippen molar-refractivity contribution in [2.75, 3.05) is 5.75 Å². The lowest BCUT2D eigenvalue weighted by Gasteiger charge is -1.91. The minimum atomic E-state index is -0.894. The predicted molar refractivity (Wildman–Crippen MR) is 46.7 cm³/mol. The first-order chi connectivity index (χ1) is 6.09. The lowest BCUT2D eigenvalue weighted by molar-refractivity contribution is -0.133. The van der Waals surface area contributed by atoms with Gasteiger partial charge in [-0.25, -0.2) is 0 Å². The van der Waals surface area contributed by atoms with Crippen LogP contribution in [0.4, 0.5) is 0 Å². The van der Waals surface area contributed by atoms with E-state index >= 15 is 0 Å². The van der Waals surface area contributed by atoms with Crippen molar-refractivity contribution < 1.29 is 14.4 Å². The molecule has 1 aromatic rings.